The SMILES string of the molecule is C.COc1nc(C(Cl)(Cl)Cl)c(Cl)c(C)c1Cl. The van der Waals surface area contributed by atoms with E-state index in [1.165, 1.54) is 7.11 Å². The van der Waals surface area contributed by atoms with Crippen LogP contribution in [0, 0.1) is 6.92 Å². The average molecular weight is 325 g/mol. The van der Waals surface area contributed by atoms with Crippen molar-refractivity contribution >= 4 is 58.0 Å². The van der Waals surface area contributed by atoms with Gasteiger partial charge >= 0.3 is 0 Å². The minimum absolute atomic E-state index is 0. The molecule has 0 saturated heterocycles. The van der Waals surface area contributed by atoms with Crippen molar-refractivity contribution in [3.8, 4) is 5.88 Å². The molecular weight excluding hydrogens is 315 g/mol. The highest BCUT2D eigenvalue weighted by molar-refractivity contribution is 6.67. The van der Waals surface area contributed by atoms with Crippen molar-refractivity contribution in [3.63, 3.8) is 0 Å². The summed E-state index contributed by atoms with van der Waals surface area (Å²) >= 11 is 29.0. The van der Waals surface area contributed by atoms with Gasteiger partial charge in [-0.15, -0.1) is 0 Å². The summed E-state index contributed by atoms with van der Waals surface area (Å²) < 4.78 is 3.23. The topological polar surface area (TPSA) is 22.1 Å². The highest BCUT2D eigenvalue weighted by Gasteiger charge is 2.30. The van der Waals surface area contributed by atoms with E-state index in [-0.39, 0.29) is 24.0 Å². The van der Waals surface area contributed by atoms with Gasteiger partial charge in [-0.05, 0) is 12.5 Å². The Bertz CT molecular complexity index is 388. The number of hydrogen-bond acceptors (Lipinski definition) is 2. The van der Waals surface area contributed by atoms with Gasteiger partial charge in [0.1, 0.15) is 10.7 Å². The summed E-state index contributed by atoms with van der Waals surface area (Å²) in [6.07, 6.45) is 0. The second-order valence-corrected chi connectivity index (χ2v) is 5.76. The summed E-state index contributed by atoms with van der Waals surface area (Å²) in [6, 6.07) is 0. The maximum Gasteiger partial charge on any atom is 0.234 e. The standard InChI is InChI=1S/C8H6Cl5NO.CH4/c1-3-4(9)6(8(11,12)13)14-7(15-2)5(3)10;/h1-2H3;1H4. The van der Waals surface area contributed by atoms with Crippen molar-refractivity contribution in [2.75, 3.05) is 7.11 Å². The molecule has 0 N–H and O–H groups in total. The first-order valence-electron chi connectivity index (χ1n) is 3.75. The van der Waals surface area contributed by atoms with Crippen molar-refractivity contribution in [1.82, 2.24) is 4.98 Å². The molecule has 2 nitrogen and oxygen atoms in total. The second-order valence-electron chi connectivity index (χ2n) is 2.72. The molecular formula is C9H10Cl5NO. The molecule has 1 rings (SSSR count). The molecule has 0 amide bonds. The van der Waals surface area contributed by atoms with Gasteiger partial charge in [-0.1, -0.05) is 65.4 Å². The first kappa shape index (κ1) is 16.4. The fourth-order valence-electron chi connectivity index (χ4n) is 0.957. The zero-order valence-electron chi connectivity index (χ0n) is 7.75. The summed E-state index contributed by atoms with van der Waals surface area (Å²) in [5.41, 5.74) is 0.666. The van der Waals surface area contributed by atoms with Crippen LogP contribution in [0.2, 0.25) is 10.0 Å². The molecule has 0 aromatic carbocycles. The molecule has 0 aliphatic carbocycles. The maximum atomic E-state index is 5.96. The van der Waals surface area contributed by atoms with Gasteiger partial charge in [0.05, 0.1) is 12.1 Å². The van der Waals surface area contributed by atoms with Crippen LogP contribution in [0.1, 0.15) is 18.7 Å². The molecule has 0 aliphatic heterocycles. The minimum Gasteiger partial charge on any atom is -0.480 e. The van der Waals surface area contributed by atoms with Gasteiger partial charge in [0.25, 0.3) is 0 Å². The number of nitrogens with zero attached hydrogens (tertiary/aromatic N) is 1. The Morgan fingerprint density at radius 3 is 2.00 bits per heavy atom. The first-order valence-corrected chi connectivity index (χ1v) is 5.64. The molecule has 0 atom stereocenters. The lowest BCUT2D eigenvalue weighted by Crippen LogP contribution is -2.07. The molecule has 0 fully saturated rings. The Kier molecular flexibility index (Phi) is 5.98. The number of halogens is 5. The Morgan fingerprint density at radius 1 is 1.12 bits per heavy atom. The van der Waals surface area contributed by atoms with Crippen LogP contribution < -0.4 is 4.74 Å². The number of alkyl halides is 3. The van der Waals surface area contributed by atoms with Gasteiger partial charge in [-0.25, -0.2) is 4.98 Å². The highest BCUT2D eigenvalue weighted by atomic mass is 35.6. The minimum atomic E-state index is -1.71. The summed E-state index contributed by atoms with van der Waals surface area (Å²) in [6.45, 7) is 1.69. The van der Waals surface area contributed by atoms with E-state index in [0.29, 0.717) is 10.6 Å². The predicted molar refractivity (Wildman–Crippen MR) is 71.5 cm³/mol. The van der Waals surface area contributed by atoms with Crippen LogP contribution in [0.5, 0.6) is 5.88 Å². The molecule has 0 saturated carbocycles. The van der Waals surface area contributed by atoms with E-state index in [1.54, 1.807) is 6.92 Å². The van der Waals surface area contributed by atoms with Gasteiger partial charge in [-0.3, -0.25) is 0 Å². The van der Waals surface area contributed by atoms with Crippen LogP contribution in [0.3, 0.4) is 0 Å². The van der Waals surface area contributed by atoms with Crippen LogP contribution in [0.15, 0.2) is 0 Å². The zero-order chi connectivity index (χ0) is 11.8. The molecule has 1 heterocycles. The molecule has 92 valence electrons. The van der Waals surface area contributed by atoms with Gasteiger partial charge in [0.15, 0.2) is 0 Å². The van der Waals surface area contributed by atoms with E-state index >= 15 is 0 Å². The molecule has 16 heavy (non-hydrogen) atoms. The summed E-state index contributed by atoms with van der Waals surface area (Å²) in [5.74, 6) is 0.180. The third kappa shape index (κ3) is 3.21. The van der Waals surface area contributed by atoms with Crippen LogP contribution in [0.4, 0.5) is 0 Å². The fraction of sp³-hybridized carbons (Fsp3) is 0.444. The number of hydrogen-bond donors (Lipinski definition) is 0. The first-order chi connectivity index (χ1) is 6.79. The lowest BCUT2D eigenvalue weighted by atomic mass is 10.2. The van der Waals surface area contributed by atoms with Crippen LogP contribution in [0.25, 0.3) is 0 Å². The van der Waals surface area contributed by atoms with E-state index in [4.69, 9.17) is 62.7 Å². The van der Waals surface area contributed by atoms with Crippen molar-refractivity contribution in [1.29, 1.82) is 0 Å². The molecule has 0 unspecified atom stereocenters. The van der Waals surface area contributed by atoms with E-state index in [9.17, 15) is 0 Å². The Balaban J connectivity index is 0.00000225. The lowest BCUT2D eigenvalue weighted by Gasteiger charge is -2.16. The molecule has 0 aliphatic rings. The van der Waals surface area contributed by atoms with Crippen LogP contribution in [-0.2, 0) is 3.79 Å². The lowest BCUT2D eigenvalue weighted by molar-refractivity contribution is 0.396. The fourth-order valence-corrected chi connectivity index (χ4v) is 2.05. The molecule has 1 aromatic heterocycles. The van der Waals surface area contributed by atoms with Crippen molar-refractivity contribution in [2.45, 2.75) is 18.1 Å². The molecule has 0 spiro atoms. The molecule has 7 heteroatoms. The van der Waals surface area contributed by atoms with E-state index in [1.807, 2.05) is 0 Å². The largest absolute Gasteiger partial charge is 0.480 e. The molecule has 0 radical (unpaired) electrons. The van der Waals surface area contributed by atoms with E-state index in [0.717, 1.165) is 0 Å². The number of aromatic nitrogens is 1. The highest BCUT2D eigenvalue weighted by Crippen LogP contribution is 2.44. The van der Waals surface area contributed by atoms with Gasteiger partial charge in [0, 0.05) is 0 Å². The predicted octanol–water partition coefficient (Wildman–Crippen LogP) is 5.17. The number of rotatable bonds is 1. The van der Waals surface area contributed by atoms with Gasteiger partial charge < -0.3 is 4.74 Å². The van der Waals surface area contributed by atoms with Gasteiger partial charge in [-0.2, -0.15) is 0 Å². The van der Waals surface area contributed by atoms with E-state index in [2.05, 4.69) is 4.98 Å². The quantitative estimate of drug-likeness (QED) is 0.665. The van der Waals surface area contributed by atoms with Gasteiger partial charge in [0.2, 0.25) is 9.67 Å². The normalized spacial score (nSPS) is 10.9. The summed E-state index contributed by atoms with van der Waals surface area (Å²) in [5, 5.41) is 0.529. The maximum absolute atomic E-state index is 5.96. The summed E-state index contributed by atoms with van der Waals surface area (Å²) in [4.78, 5) is 3.94. The van der Waals surface area contributed by atoms with Crippen molar-refractivity contribution < 1.29 is 4.74 Å². The third-order valence-corrected chi connectivity index (χ3v) is 3.17. The third-order valence-electron chi connectivity index (χ3n) is 1.73. The summed E-state index contributed by atoms with van der Waals surface area (Å²) in [7, 11) is 1.42. The molecule has 1 aromatic rings. The number of methoxy groups -OCH3 is 1. The van der Waals surface area contributed by atoms with Crippen LogP contribution in [-0.4, -0.2) is 12.1 Å². The Labute approximate surface area is 120 Å². The van der Waals surface area contributed by atoms with Crippen molar-refractivity contribution in [2.24, 2.45) is 0 Å². The van der Waals surface area contributed by atoms with Crippen molar-refractivity contribution in [3.05, 3.63) is 21.3 Å². The number of ether oxygens (including phenoxy) is 1. The average Bonchev–Trinajstić information content (AvgIpc) is 2.13. The monoisotopic (exact) mass is 323 g/mol. The van der Waals surface area contributed by atoms with Crippen LogP contribution >= 0.6 is 58.0 Å². The van der Waals surface area contributed by atoms with E-state index < -0.39 is 3.79 Å². The zero-order valence-corrected chi connectivity index (χ0v) is 11.5. The Hall–Kier alpha value is 0.400. The second kappa shape index (κ2) is 5.83. The number of pyridine rings is 1. The smallest absolute Gasteiger partial charge is 0.234 e. The molecule has 0 bridgehead atoms. The Morgan fingerprint density at radius 2 is 1.62 bits per heavy atom.